The van der Waals surface area contributed by atoms with Crippen molar-refractivity contribution in [3.63, 3.8) is 0 Å². The summed E-state index contributed by atoms with van der Waals surface area (Å²) in [5, 5.41) is 20.0. The summed E-state index contributed by atoms with van der Waals surface area (Å²) in [4.78, 5) is 0. The lowest BCUT2D eigenvalue weighted by atomic mass is 9.77. The van der Waals surface area contributed by atoms with E-state index in [1.165, 1.54) is 0 Å². The van der Waals surface area contributed by atoms with Gasteiger partial charge in [-0.1, -0.05) is 48.5 Å². The fourth-order valence-electron chi connectivity index (χ4n) is 2.89. The van der Waals surface area contributed by atoms with Crippen LogP contribution in [0.5, 0.6) is 0 Å². The molecule has 3 rings (SSSR count). The van der Waals surface area contributed by atoms with Crippen molar-refractivity contribution in [3.8, 4) is 11.1 Å². The number of aliphatic hydroxyl groups excluding tert-OH is 2. The lowest BCUT2D eigenvalue weighted by molar-refractivity contribution is -0.0195. The van der Waals surface area contributed by atoms with Gasteiger partial charge in [0.15, 0.2) is 0 Å². The molecule has 0 heterocycles. The van der Waals surface area contributed by atoms with Crippen molar-refractivity contribution in [1.82, 2.24) is 0 Å². The Hall–Kier alpha value is -1.72. The van der Waals surface area contributed by atoms with Gasteiger partial charge in [-0.05, 0) is 22.3 Å². The summed E-state index contributed by atoms with van der Waals surface area (Å²) in [6.07, 6.45) is -2.09. The van der Waals surface area contributed by atoms with E-state index in [-0.39, 0.29) is 0 Å². The molecule has 4 atom stereocenters. The molecule has 0 spiro atoms. The first-order valence-electron chi connectivity index (χ1n) is 6.67. The second-order valence-corrected chi connectivity index (χ2v) is 5.21. The van der Waals surface area contributed by atoms with Gasteiger partial charge in [0, 0.05) is 0 Å². The van der Waals surface area contributed by atoms with E-state index in [4.69, 9.17) is 11.5 Å². The minimum absolute atomic E-state index is 0.622. The maximum absolute atomic E-state index is 10.1. The molecule has 0 unspecified atom stereocenters. The van der Waals surface area contributed by atoms with Crippen molar-refractivity contribution in [2.75, 3.05) is 0 Å². The summed E-state index contributed by atoms with van der Waals surface area (Å²) in [6.45, 7) is 0. The molecule has 0 radical (unpaired) electrons. The Morgan fingerprint density at radius 3 is 2.10 bits per heavy atom. The minimum atomic E-state index is -1.05. The predicted molar refractivity (Wildman–Crippen MR) is 77.7 cm³/mol. The Kier molecular flexibility index (Phi) is 3.31. The highest BCUT2D eigenvalue weighted by Gasteiger charge is 2.38. The van der Waals surface area contributed by atoms with Gasteiger partial charge < -0.3 is 21.7 Å². The summed E-state index contributed by atoms with van der Waals surface area (Å²) in [7, 11) is 0. The van der Waals surface area contributed by atoms with Crippen LogP contribution in [0.3, 0.4) is 0 Å². The van der Waals surface area contributed by atoms with E-state index >= 15 is 0 Å². The number of hydrogen-bond acceptors (Lipinski definition) is 4. The Balaban J connectivity index is 2.21. The molecule has 104 valence electrons. The highest BCUT2D eigenvalue weighted by molar-refractivity contribution is 5.70. The van der Waals surface area contributed by atoms with Crippen LogP contribution in [0.2, 0.25) is 0 Å². The fourth-order valence-corrected chi connectivity index (χ4v) is 2.89. The van der Waals surface area contributed by atoms with Gasteiger partial charge in [0.25, 0.3) is 0 Å². The van der Waals surface area contributed by atoms with Gasteiger partial charge in [-0.2, -0.15) is 0 Å². The molecule has 4 nitrogen and oxygen atoms in total. The Labute approximate surface area is 117 Å². The molecule has 1 aliphatic rings. The number of hydrogen-bond donors (Lipinski definition) is 4. The van der Waals surface area contributed by atoms with Gasteiger partial charge in [0.05, 0.1) is 12.1 Å². The molecule has 0 saturated carbocycles. The van der Waals surface area contributed by atoms with Crippen LogP contribution in [0.1, 0.15) is 23.2 Å². The van der Waals surface area contributed by atoms with Crippen LogP contribution in [0.4, 0.5) is 0 Å². The normalized spacial score (nSPS) is 29.0. The maximum Gasteiger partial charge on any atom is 0.101 e. The highest BCUT2D eigenvalue weighted by atomic mass is 16.3. The van der Waals surface area contributed by atoms with Gasteiger partial charge in [0.2, 0.25) is 0 Å². The van der Waals surface area contributed by atoms with E-state index in [0.717, 1.165) is 22.3 Å². The summed E-state index contributed by atoms with van der Waals surface area (Å²) < 4.78 is 0. The molecule has 0 saturated heterocycles. The Bertz CT molecular complexity index is 615. The maximum atomic E-state index is 10.1. The zero-order valence-corrected chi connectivity index (χ0v) is 11.0. The molecule has 1 aliphatic carbocycles. The van der Waals surface area contributed by atoms with Crippen LogP contribution in [-0.2, 0) is 0 Å². The molecule has 6 N–H and O–H groups in total. The molecule has 0 aliphatic heterocycles. The highest BCUT2D eigenvalue weighted by Crippen LogP contribution is 2.39. The van der Waals surface area contributed by atoms with Gasteiger partial charge in [-0.15, -0.1) is 0 Å². The van der Waals surface area contributed by atoms with E-state index in [2.05, 4.69) is 0 Å². The Morgan fingerprint density at radius 1 is 0.750 bits per heavy atom. The Morgan fingerprint density at radius 2 is 1.40 bits per heavy atom. The summed E-state index contributed by atoms with van der Waals surface area (Å²) >= 11 is 0. The van der Waals surface area contributed by atoms with Crippen molar-refractivity contribution >= 4 is 0 Å². The van der Waals surface area contributed by atoms with Crippen molar-refractivity contribution < 1.29 is 10.2 Å². The van der Waals surface area contributed by atoms with Crippen molar-refractivity contribution in [2.24, 2.45) is 11.5 Å². The van der Waals surface area contributed by atoms with E-state index in [1.54, 1.807) is 0 Å². The molecule has 0 bridgehead atoms. The number of benzene rings is 2. The molecular weight excluding hydrogens is 252 g/mol. The summed E-state index contributed by atoms with van der Waals surface area (Å²) in [5.74, 6) is 0. The van der Waals surface area contributed by atoms with Crippen molar-refractivity contribution in [1.29, 1.82) is 0 Å². The largest absolute Gasteiger partial charge is 0.388 e. The smallest absolute Gasteiger partial charge is 0.101 e. The molecular formula is C16H18N2O2. The van der Waals surface area contributed by atoms with E-state index in [9.17, 15) is 10.2 Å². The van der Waals surface area contributed by atoms with Gasteiger partial charge >= 0.3 is 0 Å². The molecule has 0 amide bonds. The van der Waals surface area contributed by atoms with E-state index < -0.39 is 24.3 Å². The van der Waals surface area contributed by atoms with Gasteiger partial charge in [-0.25, -0.2) is 0 Å². The van der Waals surface area contributed by atoms with Crippen molar-refractivity contribution in [2.45, 2.75) is 24.3 Å². The lowest BCUT2D eigenvalue weighted by Gasteiger charge is -2.37. The fraction of sp³-hybridized carbons (Fsp3) is 0.250. The molecule has 2 aromatic rings. The molecule has 20 heavy (non-hydrogen) atoms. The standard InChI is InChI=1S/C16H18N2O2/c17-13-11-8-4-7-10(9-5-2-1-3-6-9)12(11)14(18)16(20)15(13)19/h1-8,13-16,19-20H,17-18H2/t13-,14+,15+,16-/m0/s1. The minimum Gasteiger partial charge on any atom is -0.388 e. The number of fused-ring (bicyclic) bond motifs is 1. The van der Waals surface area contributed by atoms with Gasteiger partial charge in [-0.3, -0.25) is 0 Å². The van der Waals surface area contributed by atoms with Crippen LogP contribution in [0.15, 0.2) is 48.5 Å². The second-order valence-electron chi connectivity index (χ2n) is 5.21. The van der Waals surface area contributed by atoms with Crippen LogP contribution in [-0.4, -0.2) is 22.4 Å². The average molecular weight is 270 g/mol. The van der Waals surface area contributed by atoms with E-state index in [1.807, 2.05) is 48.5 Å². The average Bonchev–Trinajstić information content (AvgIpc) is 2.51. The summed E-state index contributed by atoms with van der Waals surface area (Å²) in [5.41, 5.74) is 15.7. The molecule has 0 aromatic heterocycles. The predicted octanol–water partition coefficient (Wildman–Crippen LogP) is 1.09. The van der Waals surface area contributed by atoms with Crippen LogP contribution in [0.25, 0.3) is 11.1 Å². The van der Waals surface area contributed by atoms with Crippen molar-refractivity contribution in [3.05, 3.63) is 59.7 Å². The van der Waals surface area contributed by atoms with Crippen LogP contribution < -0.4 is 11.5 Å². The number of aliphatic hydroxyl groups is 2. The monoisotopic (exact) mass is 270 g/mol. The zero-order valence-electron chi connectivity index (χ0n) is 11.0. The number of nitrogens with two attached hydrogens (primary N) is 2. The number of rotatable bonds is 1. The topological polar surface area (TPSA) is 92.5 Å². The third-order valence-electron chi connectivity index (χ3n) is 4.00. The summed E-state index contributed by atoms with van der Waals surface area (Å²) in [6, 6.07) is 14.3. The van der Waals surface area contributed by atoms with Gasteiger partial charge in [0.1, 0.15) is 12.2 Å². The molecule has 0 fully saturated rings. The van der Waals surface area contributed by atoms with Crippen LogP contribution >= 0.6 is 0 Å². The first-order valence-corrected chi connectivity index (χ1v) is 6.67. The lowest BCUT2D eigenvalue weighted by Crippen LogP contribution is -2.47. The first-order chi connectivity index (χ1) is 9.61. The SMILES string of the molecule is N[C@@H]1c2c(-c3ccccc3)cccc2[C@H](N)[C@@H](O)[C@H]1O. The third-order valence-corrected chi connectivity index (χ3v) is 4.00. The van der Waals surface area contributed by atoms with E-state index in [0.29, 0.717) is 0 Å². The molecule has 4 heteroatoms. The second kappa shape index (κ2) is 5.00. The van der Waals surface area contributed by atoms with Crippen LogP contribution in [0, 0.1) is 0 Å². The first kappa shape index (κ1) is 13.3. The molecule has 2 aromatic carbocycles. The third kappa shape index (κ3) is 1.94. The zero-order chi connectivity index (χ0) is 14.3. The quantitative estimate of drug-likeness (QED) is 0.624.